The van der Waals surface area contributed by atoms with Crippen LogP contribution < -0.4 is 5.32 Å². The van der Waals surface area contributed by atoms with Crippen LogP contribution in [0.4, 0.5) is 0 Å². The van der Waals surface area contributed by atoms with Crippen LogP contribution in [0.2, 0.25) is 0 Å². The first-order chi connectivity index (χ1) is 8.63. The van der Waals surface area contributed by atoms with E-state index in [0.29, 0.717) is 12.0 Å². The lowest BCUT2D eigenvalue weighted by Gasteiger charge is -2.28. The number of nitrogens with one attached hydrogen (secondary N) is 1. The smallest absolute Gasteiger partial charge is 0.110 e. The zero-order chi connectivity index (χ0) is 13.5. The lowest BCUT2D eigenvalue weighted by atomic mass is 9.97. The van der Waals surface area contributed by atoms with Crippen molar-refractivity contribution in [3.8, 4) is 0 Å². The number of rotatable bonds is 8. The van der Waals surface area contributed by atoms with Gasteiger partial charge in [-0.1, -0.05) is 20.8 Å². The molecule has 104 valence electrons. The van der Waals surface area contributed by atoms with Gasteiger partial charge in [0.15, 0.2) is 0 Å². The fourth-order valence-electron chi connectivity index (χ4n) is 2.45. The fourth-order valence-corrected chi connectivity index (χ4v) is 2.45. The van der Waals surface area contributed by atoms with Crippen LogP contribution in [0.3, 0.4) is 0 Å². The minimum absolute atomic E-state index is 0.210. The maximum absolute atomic E-state index is 5.61. The summed E-state index contributed by atoms with van der Waals surface area (Å²) in [7, 11) is 3.78. The molecule has 1 rings (SSSR count). The van der Waals surface area contributed by atoms with Gasteiger partial charge in [-0.05, 0) is 19.4 Å². The molecule has 1 heterocycles. The second kappa shape index (κ2) is 7.54. The Morgan fingerprint density at radius 3 is 2.67 bits per heavy atom. The van der Waals surface area contributed by atoms with E-state index in [1.807, 2.05) is 13.2 Å². The summed E-state index contributed by atoms with van der Waals surface area (Å²) in [5.41, 5.74) is 0. The number of likely N-dealkylation sites (N-methyl/N-ethyl adjacent to an activating group) is 1. The van der Waals surface area contributed by atoms with E-state index in [4.69, 9.17) is 4.74 Å². The topological polar surface area (TPSA) is 39.1 Å². The van der Waals surface area contributed by atoms with Gasteiger partial charge >= 0.3 is 0 Å². The van der Waals surface area contributed by atoms with Gasteiger partial charge in [-0.3, -0.25) is 0 Å². The molecule has 1 aromatic heterocycles. The molecule has 18 heavy (non-hydrogen) atoms. The van der Waals surface area contributed by atoms with Gasteiger partial charge in [-0.15, -0.1) is 0 Å². The van der Waals surface area contributed by atoms with E-state index in [9.17, 15) is 0 Å². The summed E-state index contributed by atoms with van der Waals surface area (Å²) in [4.78, 5) is 4.47. The third-order valence-electron chi connectivity index (χ3n) is 3.37. The van der Waals surface area contributed by atoms with Gasteiger partial charge in [0, 0.05) is 38.5 Å². The summed E-state index contributed by atoms with van der Waals surface area (Å²) < 4.78 is 7.85. The highest BCUT2D eigenvalue weighted by Crippen LogP contribution is 2.14. The van der Waals surface area contributed by atoms with Crippen LogP contribution in [-0.2, 0) is 17.7 Å². The molecule has 0 radical (unpaired) electrons. The molecule has 4 nitrogen and oxygen atoms in total. The standard InChI is InChI=1S/C14H27N3O/c1-6-8-17-9-7-16-13(17)10-12(15-4)14(18-5)11(2)3/h7,9,11-12,14-15H,6,8,10H2,1-5H3. The van der Waals surface area contributed by atoms with E-state index in [-0.39, 0.29) is 6.10 Å². The molecule has 0 fully saturated rings. The van der Waals surface area contributed by atoms with Crippen molar-refractivity contribution in [1.82, 2.24) is 14.9 Å². The average Bonchev–Trinajstić information content (AvgIpc) is 2.76. The minimum atomic E-state index is 0.210. The molecule has 0 spiro atoms. The third-order valence-corrected chi connectivity index (χ3v) is 3.37. The monoisotopic (exact) mass is 253 g/mol. The molecule has 1 aromatic rings. The first-order valence-electron chi connectivity index (χ1n) is 6.84. The maximum Gasteiger partial charge on any atom is 0.110 e. The number of hydrogen-bond acceptors (Lipinski definition) is 3. The number of aromatic nitrogens is 2. The van der Waals surface area contributed by atoms with Crippen LogP contribution in [0.1, 0.15) is 33.0 Å². The Hall–Kier alpha value is -0.870. The second-order valence-electron chi connectivity index (χ2n) is 5.08. The van der Waals surface area contributed by atoms with Gasteiger partial charge in [0.05, 0.1) is 6.10 Å². The summed E-state index contributed by atoms with van der Waals surface area (Å²) in [6.45, 7) is 7.60. The van der Waals surface area contributed by atoms with Crippen molar-refractivity contribution in [3.63, 3.8) is 0 Å². The molecule has 0 amide bonds. The zero-order valence-electron chi connectivity index (χ0n) is 12.3. The minimum Gasteiger partial charge on any atom is -0.380 e. The van der Waals surface area contributed by atoms with E-state index in [2.05, 4.69) is 41.8 Å². The maximum atomic E-state index is 5.61. The van der Waals surface area contributed by atoms with E-state index in [0.717, 1.165) is 25.2 Å². The molecule has 2 atom stereocenters. The average molecular weight is 253 g/mol. The Balaban J connectivity index is 2.75. The van der Waals surface area contributed by atoms with Crippen molar-refractivity contribution < 1.29 is 4.74 Å². The third kappa shape index (κ3) is 3.82. The predicted octanol–water partition coefficient (Wildman–Crippen LogP) is 2.09. The van der Waals surface area contributed by atoms with Gasteiger partial charge in [-0.25, -0.2) is 4.98 Å². The number of hydrogen-bond donors (Lipinski definition) is 1. The number of methoxy groups -OCH3 is 1. The molecule has 0 aliphatic rings. The number of imidazole rings is 1. The first-order valence-corrected chi connectivity index (χ1v) is 6.84. The fraction of sp³-hybridized carbons (Fsp3) is 0.786. The van der Waals surface area contributed by atoms with Gasteiger partial charge in [0.1, 0.15) is 5.82 Å². The number of ether oxygens (including phenoxy) is 1. The Morgan fingerprint density at radius 2 is 2.17 bits per heavy atom. The van der Waals surface area contributed by atoms with Crippen LogP contribution in [0.15, 0.2) is 12.4 Å². The Morgan fingerprint density at radius 1 is 1.44 bits per heavy atom. The first kappa shape index (κ1) is 15.2. The molecule has 0 aliphatic carbocycles. The summed E-state index contributed by atoms with van der Waals surface area (Å²) in [5, 5.41) is 3.36. The van der Waals surface area contributed by atoms with Gasteiger partial charge in [0.25, 0.3) is 0 Å². The van der Waals surface area contributed by atoms with Crippen molar-refractivity contribution in [2.24, 2.45) is 5.92 Å². The highest BCUT2D eigenvalue weighted by molar-refractivity contribution is 4.97. The van der Waals surface area contributed by atoms with E-state index < -0.39 is 0 Å². The van der Waals surface area contributed by atoms with E-state index >= 15 is 0 Å². The largest absolute Gasteiger partial charge is 0.380 e. The summed E-state index contributed by atoms with van der Waals surface area (Å²) in [6, 6.07) is 0.299. The van der Waals surface area contributed by atoms with E-state index in [1.54, 1.807) is 7.11 Å². The van der Waals surface area contributed by atoms with Crippen molar-refractivity contribution in [2.75, 3.05) is 14.2 Å². The summed E-state index contributed by atoms with van der Waals surface area (Å²) in [5.74, 6) is 1.63. The van der Waals surface area contributed by atoms with Gasteiger partial charge in [0.2, 0.25) is 0 Å². The highest BCUT2D eigenvalue weighted by atomic mass is 16.5. The lowest BCUT2D eigenvalue weighted by molar-refractivity contribution is 0.0346. The van der Waals surface area contributed by atoms with Crippen molar-refractivity contribution in [2.45, 2.75) is 52.3 Å². The molecule has 0 aromatic carbocycles. The molecule has 0 saturated carbocycles. The molecule has 0 aliphatic heterocycles. The van der Waals surface area contributed by atoms with Crippen LogP contribution in [0, 0.1) is 5.92 Å². The van der Waals surface area contributed by atoms with Gasteiger partial charge in [-0.2, -0.15) is 0 Å². The van der Waals surface area contributed by atoms with Crippen molar-refractivity contribution >= 4 is 0 Å². The molecular weight excluding hydrogens is 226 g/mol. The van der Waals surface area contributed by atoms with Gasteiger partial charge < -0.3 is 14.6 Å². The Labute approximate surface area is 111 Å². The quantitative estimate of drug-likeness (QED) is 0.771. The molecular formula is C14H27N3O. The van der Waals surface area contributed by atoms with Crippen LogP contribution in [0.5, 0.6) is 0 Å². The molecule has 0 bridgehead atoms. The molecule has 2 unspecified atom stereocenters. The lowest BCUT2D eigenvalue weighted by Crippen LogP contribution is -2.44. The van der Waals surface area contributed by atoms with E-state index in [1.165, 1.54) is 0 Å². The summed E-state index contributed by atoms with van der Waals surface area (Å²) >= 11 is 0. The number of nitrogens with zero attached hydrogens (tertiary/aromatic N) is 2. The molecule has 4 heteroatoms. The normalized spacial score (nSPS) is 15.0. The SMILES string of the molecule is CCCn1ccnc1CC(NC)C(OC)C(C)C. The predicted molar refractivity (Wildman–Crippen MR) is 74.7 cm³/mol. The van der Waals surface area contributed by atoms with Crippen molar-refractivity contribution in [1.29, 1.82) is 0 Å². The second-order valence-corrected chi connectivity index (χ2v) is 5.08. The van der Waals surface area contributed by atoms with Crippen LogP contribution >= 0.6 is 0 Å². The van der Waals surface area contributed by atoms with Crippen LogP contribution in [-0.4, -0.2) is 35.9 Å². The molecule has 0 saturated heterocycles. The summed E-state index contributed by atoms with van der Waals surface area (Å²) in [6.07, 6.45) is 6.19. The highest BCUT2D eigenvalue weighted by Gasteiger charge is 2.24. The Kier molecular flexibility index (Phi) is 6.36. The molecule has 1 N–H and O–H groups in total. The van der Waals surface area contributed by atoms with Crippen molar-refractivity contribution in [3.05, 3.63) is 18.2 Å². The van der Waals surface area contributed by atoms with Crippen LogP contribution in [0.25, 0.3) is 0 Å². The zero-order valence-corrected chi connectivity index (χ0v) is 12.3. The Bertz CT molecular complexity index is 336. The number of aryl methyl sites for hydroxylation is 1.